The molecule has 1 heterocycles. The van der Waals surface area contributed by atoms with Crippen molar-refractivity contribution in [1.82, 2.24) is 9.97 Å². The highest BCUT2D eigenvalue weighted by Gasteiger charge is 2.10. The van der Waals surface area contributed by atoms with Crippen molar-refractivity contribution in [3.8, 4) is 0 Å². The van der Waals surface area contributed by atoms with Crippen LogP contribution in [0.3, 0.4) is 0 Å². The van der Waals surface area contributed by atoms with Gasteiger partial charge in [0.1, 0.15) is 0 Å². The maximum Gasteiger partial charge on any atom is 0.325 e. The van der Waals surface area contributed by atoms with Gasteiger partial charge in [-0.25, -0.2) is 4.79 Å². The number of carbonyl (C=O) groups excluding carboxylic acids is 2. The van der Waals surface area contributed by atoms with Gasteiger partial charge < -0.3 is 15.2 Å². The summed E-state index contributed by atoms with van der Waals surface area (Å²) < 4.78 is 0. The molecule has 1 aromatic carbocycles. The van der Waals surface area contributed by atoms with E-state index in [2.05, 4.69) is 15.3 Å². The molecule has 0 saturated heterocycles. The number of amides is 2. The summed E-state index contributed by atoms with van der Waals surface area (Å²) in [5.74, 6) is -0.337. The number of carbonyl (C=O) groups is 2. The van der Waals surface area contributed by atoms with Crippen LogP contribution in [-0.2, 0) is 16.0 Å². The number of hydrogen-bond acceptors (Lipinski definition) is 4. The number of nitrogens with zero attached hydrogens (tertiary/aromatic N) is 1. The first kappa shape index (κ1) is 18.2. The number of rotatable bonds is 5. The molecule has 1 aromatic heterocycles. The standard InChI is InChI=1S/C17H20N4O4/c1-10-14(16(24)20-17(25)18-10)8-9-15(23)19-12-4-6-13(7-5-12)21(3)11(2)22/h4-7H,8-9H2,1-3H3,(H,19,23)(H2,18,20,24,25). The smallest absolute Gasteiger partial charge is 0.325 e. The minimum atomic E-state index is -0.564. The van der Waals surface area contributed by atoms with Crippen molar-refractivity contribution in [1.29, 1.82) is 0 Å². The third-order valence-corrected chi connectivity index (χ3v) is 3.87. The van der Waals surface area contributed by atoms with Gasteiger partial charge in [-0.1, -0.05) is 0 Å². The van der Waals surface area contributed by atoms with E-state index >= 15 is 0 Å². The molecule has 0 unspecified atom stereocenters. The number of aromatic amines is 2. The minimum Gasteiger partial charge on any atom is -0.326 e. The fraction of sp³-hybridized carbons (Fsp3) is 0.294. The van der Waals surface area contributed by atoms with Crippen LogP contribution in [0.2, 0.25) is 0 Å². The zero-order chi connectivity index (χ0) is 18.6. The van der Waals surface area contributed by atoms with E-state index < -0.39 is 11.2 Å². The minimum absolute atomic E-state index is 0.0849. The van der Waals surface area contributed by atoms with Crippen LogP contribution in [0.1, 0.15) is 24.6 Å². The Morgan fingerprint density at radius 1 is 1.12 bits per heavy atom. The van der Waals surface area contributed by atoms with E-state index in [1.165, 1.54) is 11.8 Å². The number of benzene rings is 1. The van der Waals surface area contributed by atoms with E-state index in [9.17, 15) is 19.2 Å². The second kappa shape index (κ2) is 7.61. The van der Waals surface area contributed by atoms with Crippen molar-refractivity contribution in [2.45, 2.75) is 26.7 Å². The Morgan fingerprint density at radius 3 is 2.32 bits per heavy atom. The van der Waals surface area contributed by atoms with Gasteiger partial charge >= 0.3 is 5.69 Å². The molecule has 0 aliphatic heterocycles. The summed E-state index contributed by atoms with van der Waals surface area (Å²) in [6, 6.07) is 6.86. The number of H-pyrrole nitrogens is 2. The molecule has 8 heteroatoms. The Labute approximate surface area is 143 Å². The van der Waals surface area contributed by atoms with E-state index in [4.69, 9.17) is 0 Å². The van der Waals surface area contributed by atoms with E-state index in [1.807, 2.05) is 0 Å². The summed E-state index contributed by atoms with van der Waals surface area (Å²) in [4.78, 5) is 52.4. The molecule has 0 radical (unpaired) electrons. The number of anilines is 2. The van der Waals surface area contributed by atoms with Gasteiger partial charge in [0.2, 0.25) is 11.8 Å². The SMILES string of the molecule is CC(=O)N(C)c1ccc(NC(=O)CCc2c(C)[nH]c(=O)[nH]c2=O)cc1. The average molecular weight is 344 g/mol. The molecule has 25 heavy (non-hydrogen) atoms. The predicted octanol–water partition coefficient (Wildman–Crippen LogP) is 0.926. The molecule has 0 fully saturated rings. The Hall–Kier alpha value is -3.16. The van der Waals surface area contributed by atoms with Gasteiger partial charge in [0, 0.05) is 43.0 Å². The van der Waals surface area contributed by atoms with E-state index in [-0.39, 0.29) is 24.7 Å². The molecule has 0 atom stereocenters. The van der Waals surface area contributed by atoms with Gasteiger partial charge in [0.05, 0.1) is 0 Å². The fourth-order valence-electron chi connectivity index (χ4n) is 2.34. The van der Waals surface area contributed by atoms with E-state index in [1.54, 1.807) is 38.2 Å². The molecule has 2 amide bonds. The number of hydrogen-bond donors (Lipinski definition) is 3. The number of aryl methyl sites for hydroxylation is 1. The highest BCUT2D eigenvalue weighted by atomic mass is 16.2. The maximum absolute atomic E-state index is 12.0. The second-order valence-electron chi connectivity index (χ2n) is 5.68. The Kier molecular flexibility index (Phi) is 5.53. The van der Waals surface area contributed by atoms with Crippen LogP contribution >= 0.6 is 0 Å². The van der Waals surface area contributed by atoms with Gasteiger partial charge in [-0.3, -0.25) is 19.4 Å². The monoisotopic (exact) mass is 344 g/mol. The van der Waals surface area contributed by atoms with Crippen molar-refractivity contribution in [3.05, 3.63) is 56.4 Å². The number of nitrogens with one attached hydrogen (secondary N) is 3. The normalized spacial score (nSPS) is 10.4. The van der Waals surface area contributed by atoms with Crippen LogP contribution in [0.4, 0.5) is 11.4 Å². The molecule has 0 aliphatic carbocycles. The van der Waals surface area contributed by atoms with Crippen molar-refractivity contribution in [2.24, 2.45) is 0 Å². The summed E-state index contributed by atoms with van der Waals surface area (Å²) in [7, 11) is 1.67. The summed E-state index contributed by atoms with van der Waals surface area (Å²) >= 11 is 0. The van der Waals surface area contributed by atoms with Crippen LogP contribution in [0, 0.1) is 6.92 Å². The molecule has 2 aromatic rings. The lowest BCUT2D eigenvalue weighted by Gasteiger charge is -2.15. The van der Waals surface area contributed by atoms with Crippen molar-refractivity contribution >= 4 is 23.2 Å². The zero-order valence-electron chi connectivity index (χ0n) is 14.3. The largest absolute Gasteiger partial charge is 0.326 e. The zero-order valence-corrected chi connectivity index (χ0v) is 14.3. The third kappa shape index (κ3) is 4.66. The highest BCUT2D eigenvalue weighted by molar-refractivity contribution is 5.93. The second-order valence-corrected chi connectivity index (χ2v) is 5.68. The summed E-state index contributed by atoms with van der Waals surface area (Å²) in [6.07, 6.45) is 0.319. The first-order valence-corrected chi connectivity index (χ1v) is 7.74. The predicted molar refractivity (Wildman–Crippen MR) is 94.9 cm³/mol. The van der Waals surface area contributed by atoms with Crippen LogP contribution < -0.4 is 21.5 Å². The van der Waals surface area contributed by atoms with Crippen LogP contribution in [0.5, 0.6) is 0 Å². The first-order valence-electron chi connectivity index (χ1n) is 7.74. The van der Waals surface area contributed by atoms with Gasteiger partial charge in [-0.15, -0.1) is 0 Å². The first-order chi connectivity index (χ1) is 11.8. The molecule has 0 spiro atoms. The van der Waals surface area contributed by atoms with Gasteiger partial charge in [-0.05, 0) is 37.6 Å². The highest BCUT2D eigenvalue weighted by Crippen LogP contribution is 2.17. The number of aromatic nitrogens is 2. The third-order valence-electron chi connectivity index (χ3n) is 3.87. The molecular weight excluding hydrogens is 324 g/mol. The van der Waals surface area contributed by atoms with E-state index in [0.29, 0.717) is 16.9 Å². The van der Waals surface area contributed by atoms with Crippen molar-refractivity contribution < 1.29 is 9.59 Å². The van der Waals surface area contributed by atoms with Crippen molar-refractivity contribution in [2.75, 3.05) is 17.3 Å². The molecule has 0 saturated carbocycles. The molecule has 3 N–H and O–H groups in total. The lowest BCUT2D eigenvalue weighted by atomic mass is 10.1. The lowest BCUT2D eigenvalue weighted by molar-refractivity contribution is -0.117. The summed E-state index contributed by atoms with van der Waals surface area (Å²) in [5.41, 5.74) is 1.11. The fourth-order valence-corrected chi connectivity index (χ4v) is 2.34. The van der Waals surface area contributed by atoms with Crippen LogP contribution in [0.25, 0.3) is 0 Å². The Morgan fingerprint density at radius 2 is 1.76 bits per heavy atom. The van der Waals surface area contributed by atoms with Gasteiger partial charge in [0.15, 0.2) is 0 Å². The Balaban J connectivity index is 1.98. The molecule has 132 valence electrons. The maximum atomic E-state index is 12.0. The molecule has 2 rings (SSSR count). The molecule has 0 aliphatic rings. The topological polar surface area (TPSA) is 115 Å². The van der Waals surface area contributed by atoms with E-state index in [0.717, 1.165) is 5.69 Å². The van der Waals surface area contributed by atoms with Crippen molar-refractivity contribution in [3.63, 3.8) is 0 Å². The molecule has 8 nitrogen and oxygen atoms in total. The molecular formula is C17H20N4O4. The average Bonchev–Trinajstić information content (AvgIpc) is 2.53. The summed E-state index contributed by atoms with van der Waals surface area (Å²) in [6.45, 7) is 3.09. The van der Waals surface area contributed by atoms with Crippen LogP contribution in [-0.4, -0.2) is 28.8 Å². The lowest BCUT2D eigenvalue weighted by Crippen LogP contribution is -2.27. The van der Waals surface area contributed by atoms with Gasteiger partial charge in [-0.2, -0.15) is 0 Å². The quantitative estimate of drug-likeness (QED) is 0.748. The van der Waals surface area contributed by atoms with Crippen LogP contribution in [0.15, 0.2) is 33.9 Å². The Bertz CT molecular complexity index is 896. The molecule has 0 bridgehead atoms. The summed E-state index contributed by atoms with van der Waals surface area (Å²) in [5, 5.41) is 2.73. The van der Waals surface area contributed by atoms with Gasteiger partial charge in [0.25, 0.3) is 5.56 Å².